The number of ether oxygens (including phenoxy) is 2. The Morgan fingerprint density at radius 1 is 1.14 bits per heavy atom. The summed E-state index contributed by atoms with van der Waals surface area (Å²) in [4.78, 5) is 37.7. The van der Waals surface area contributed by atoms with Crippen molar-refractivity contribution in [2.45, 2.75) is 13.5 Å². The van der Waals surface area contributed by atoms with Gasteiger partial charge in [0.25, 0.3) is 11.1 Å². The molecule has 1 fully saturated rings. The predicted octanol–water partition coefficient (Wildman–Crippen LogP) is 4.52. The molecule has 0 N–H and O–H groups in total. The fourth-order valence-corrected chi connectivity index (χ4v) is 3.62. The number of benzene rings is 2. The van der Waals surface area contributed by atoms with Crippen molar-refractivity contribution in [2.75, 3.05) is 13.2 Å². The second-order valence-electron chi connectivity index (χ2n) is 6.02. The zero-order valence-electron chi connectivity index (χ0n) is 15.6. The van der Waals surface area contributed by atoms with E-state index in [1.165, 1.54) is 4.90 Å². The fourth-order valence-electron chi connectivity index (χ4n) is 2.59. The molecule has 150 valence electrons. The molecule has 8 heteroatoms. The van der Waals surface area contributed by atoms with Crippen molar-refractivity contribution in [3.8, 4) is 5.75 Å². The Balaban J connectivity index is 1.66. The van der Waals surface area contributed by atoms with Crippen molar-refractivity contribution < 1.29 is 23.9 Å². The molecule has 1 aliphatic heterocycles. The van der Waals surface area contributed by atoms with Crippen LogP contribution in [-0.2, 0) is 20.9 Å². The standard InChI is InChI=1S/C21H18ClNO5S/c1-2-27-19(24)13-28-16-9-7-14(8-10-16)11-18-20(25)23(21(26)29-18)12-15-5-3-4-6-17(15)22/h3-11H,2,12-13H2,1H3/b18-11-. The van der Waals surface area contributed by atoms with Crippen LogP contribution in [0.4, 0.5) is 4.79 Å². The number of hydrogen-bond donors (Lipinski definition) is 0. The van der Waals surface area contributed by atoms with E-state index in [0.717, 1.165) is 17.3 Å². The van der Waals surface area contributed by atoms with Gasteiger partial charge in [0, 0.05) is 5.02 Å². The van der Waals surface area contributed by atoms with Gasteiger partial charge in [-0.05, 0) is 54.1 Å². The summed E-state index contributed by atoms with van der Waals surface area (Å²) >= 11 is 7.02. The van der Waals surface area contributed by atoms with Gasteiger partial charge in [-0.1, -0.05) is 41.9 Å². The summed E-state index contributed by atoms with van der Waals surface area (Å²) in [6.07, 6.45) is 1.65. The van der Waals surface area contributed by atoms with Gasteiger partial charge in [-0.15, -0.1) is 0 Å². The molecular weight excluding hydrogens is 414 g/mol. The highest BCUT2D eigenvalue weighted by Gasteiger charge is 2.35. The van der Waals surface area contributed by atoms with Crippen molar-refractivity contribution in [1.82, 2.24) is 4.90 Å². The number of imide groups is 1. The molecule has 0 unspecified atom stereocenters. The maximum absolute atomic E-state index is 12.6. The molecule has 3 rings (SSSR count). The van der Waals surface area contributed by atoms with E-state index in [-0.39, 0.29) is 24.3 Å². The van der Waals surface area contributed by atoms with Crippen LogP contribution in [0, 0.1) is 0 Å². The van der Waals surface area contributed by atoms with Crippen LogP contribution in [0.2, 0.25) is 5.02 Å². The highest BCUT2D eigenvalue weighted by atomic mass is 35.5. The minimum Gasteiger partial charge on any atom is -0.482 e. The van der Waals surface area contributed by atoms with Crippen LogP contribution < -0.4 is 4.74 Å². The van der Waals surface area contributed by atoms with E-state index in [4.69, 9.17) is 21.1 Å². The maximum atomic E-state index is 12.6. The zero-order chi connectivity index (χ0) is 20.8. The van der Waals surface area contributed by atoms with Crippen molar-refractivity contribution in [3.63, 3.8) is 0 Å². The number of carbonyl (C=O) groups excluding carboxylic acids is 3. The van der Waals surface area contributed by atoms with Gasteiger partial charge in [0.05, 0.1) is 18.1 Å². The van der Waals surface area contributed by atoms with Crippen molar-refractivity contribution >= 4 is 46.6 Å². The lowest BCUT2D eigenvalue weighted by Gasteiger charge is -2.13. The van der Waals surface area contributed by atoms with Crippen molar-refractivity contribution in [3.05, 3.63) is 69.6 Å². The van der Waals surface area contributed by atoms with Crippen LogP contribution in [0.3, 0.4) is 0 Å². The molecule has 0 spiro atoms. The Morgan fingerprint density at radius 2 is 1.86 bits per heavy atom. The SMILES string of the molecule is CCOC(=O)COc1ccc(/C=C2\SC(=O)N(Cc3ccccc3Cl)C2=O)cc1. The van der Waals surface area contributed by atoms with E-state index < -0.39 is 5.97 Å². The molecule has 29 heavy (non-hydrogen) atoms. The first-order valence-corrected chi connectivity index (χ1v) is 10.0. The number of hydrogen-bond acceptors (Lipinski definition) is 6. The monoisotopic (exact) mass is 431 g/mol. The Hall–Kier alpha value is -2.77. The predicted molar refractivity (Wildman–Crippen MR) is 112 cm³/mol. The highest BCUT2D eigenvalue weighted by Crippen LogP contribution is 2.34. The Morgan fingerprint density at radius 3 is 2.55 bits per heavy atom. The smallest absolute Gasteiger partial charge is 0.344 e. The molecule has 2 aromatic rings. The Bertz CT molecular complexity index is 958. The second kappa shape index (κ2) is 9.62. The van der Waals surface area contributed by atoms with Gasteiger partial charge in [0.1, 0.15) is 5.75 Å². The van der Waals surface area contributed by atoms with Gasteiger partial charge in [0.2, 0.25) is 0 Å². The fraction of sp³-hybridized carbons (Fsp3) is 0.190. The van der Waals surface area contributed by atoms with E-state index in [1.54, 1.807) is 55.5 Å². The molecule has 0 radical (unpaired) electrons. The first-order valence-electron chi connectivity index (χ1n) is 8.85. The lowest BCUT2D eigenvalue weighted by Crippen LogP contribution is -2.27. The van der Waals surface area contributed by atoms with Gasteiger partial charge < -0.3 is 9.47 Å². The first kappa shape index (κ1) is 21.0. The molecule has 6 nitrogen and oxygen atoms in total. The minimum absolute atomic E-state index is 0.127. The van der Waals surface area contributed by atoms with Gasteiger partial charge in [-0.3, -0.25) is 14.5 Å². The van der Waals surface area contributed by atoms with E-state index in [9.17, 15) is 14.4 Å². The summed E-state index contributed by atoms with van der Waals surface area (Å²) in [5.74, 6) is -0.298. The molecule has 1 heterocycles. The lowest BCUT2D eigenvalue weighted by atomic mass is 10.2. The number of amides is 2. The molecule has 0 bridgehead atoms. The van der Waals surface area contributed by atoms with E-state index in [2.05, 4.69) is 0 Å². The molecule has 0 aliphatic carbocycles. The van der Waals surface area contributed by atoms with Gasteiger partial charge in [-0.2, -0.15) is 0 Å². The number of halogens is 1. The molecule has 0 aromatic heterocycles. The van der Waals surface area contributed by atoms with Crippen LogP contribution in [0.15, 0.2) is 53.4 Å². The van der Waals surface area contributed by atoms with E-state index >= 15 is 0 Å². The third-order valence-electron chi connectivity index (χ3n) is 4.00. The van der Waals surface area contributed by atoms with Crippen LogP contribution >= 0.6 is 23.4 Å². The number of esters is 1. The number of carbonyl (C=O) groups is 3. The minimum atomic E-state index is -0.441. The van der Waals surface area contributed by atoms with Gasteiger partial charge >= 0.3 is 5.97 Å². The third kappa shape index (κ3) is 5.40. The van der Waals surface area contributed by atoms with Crippen LogP contribution in [0.5, 0.6) is 5.75 Å². The van der Waals surface area contributed by atoms with E-state index in [0.29, 0.717) is 27.8 Å². The summed E-state index contributed by atoms with van der Waals surface area (Å²) < 4.78 is 10.1. The summed E-state index contributed by atoms with van der Waals surface area (Å²) in [6, 6.07) is 13.9. The average Bonchev–Trinajstić information content (AvgIpc) is 2.96. The summed E-state index contributed by atoms with van der Waals surface area (Å²) in [5, 5.41) is 0.171. The summed E-state index contributed by atoms with van der Waals surface area (Å²) in [6.45, 7) is 1.98. The molecule has 0 atom stereocenters. The lowest BCUT2D eigenvalue weighted by molar-refractivity contribution is -0.145. The van der Waals surface area contributed by atoms with Gasteiger partial charge in [-0.25, -0.2) is 4.79 Å². The zero-order valence-corrected chi connectivity index (χ0v) is 17.2. The quantitative estimate of drug-likeness (QED) is 0.474. The molecule has 1 aliphatic rings. The van der Waals surface area contributed by atoms with Gasteiger partial charge in [0.15, 0.2) is 6.61 Å². The average molecular weight is 432 g/mol. The molecule has 0 saturated carbocycles. The molecule has 2 aromatic carbocycles. The highest BCUT2D eigenvalue weighted by molar-refractivity contribution is 8.18. The summed E-state index contributed by atoms with van der Waals surface area (Å²) in [7, 11) is 0. The normalized spacial score (nSPS) is 15.1. The first-order chi connectivity index (χ1) is 14.0. The number of thioether (sulfide) groups is 1. The van der Waals surface area contributed by atoms with Crippen molar-refractivity contribution in [2.24, 2.45) is 0 Å². The molecular formula is C21H18ClNO5S. The number of nitrogens with zero attached hydrogens (tertiary/aromatic N) is 1. The Kier molecular flexibility index (Phi) is 6.95. The van der Waals surface area contributed by atoms with Crippen molar-refractivity contribution in [1.29, 1.82) is 0 Å². The largest absolute Gasteiger partial charge is 0.482 e. The van der Waals surface area contributed by atoms with Crippen LogP contribution in [0.1, 0.15) is 18.1 Å². The van der Waals surface area contributed by atoms with Crippen LogP contribution in [0.25, 0.3) is 6.08 Å². The summed E-state index contributed by atoms with van der Waals surface area (Å²) in [5.41, 5.74) is 1.44. The van der Waals surface area contributed by atoms with E-state index in [1.807, 2.05) is 6.07 Å². The topological polar surface area (TPSA) is 72.9 Å². The van der Waals surface area contributed by atoms with Crippen LogP contribution in [-0.4, -0.2) is 35.2 Å². The molecule has 2 amide bonds. The Labute approximate surface area is 177 Å². The molecule has 1 saturated heterocycles. The maximum Gasteiger partial charge on any atom is 0.344 e. The number of rotatable bonds is 7. The second-order valence-corrected chi connectivity index (χ2v) is 7.42. The third-order valence-corrected chi connectivity index (χ3v) is 5.28.